The summed E-state index contributed by atoms with van der Waals surface area (Å²) >= 11 is 0. The number of carbonyl (C=O) groups excluding carboxylic acids is 2. The van der Waals surface area contributed by atoms with E-state index in [1.54, 1.807) is 31.0 Å². The smallest absolute Gasteiger partial charge is 0.321 e. The first-order valence-corrected chi connectivity index (χ1v) is 13.1. The molecule has 1 heterocycles. The molecule has 0 bridgehead atoms. The maximum Gasteiger partial charge on any atom is 0.321 e. The number of ether oxygens (including phenoxy) is 1. The highest BCUT2D eigenvalue weighted by Crippen LogP contribution is 2.31. The third-order valence-electron chi connectivity index (χ3n) is 5.79. The van der Waals surface area contributed by atoms with Crippen LogP contribution in [-0.4, -0.2) is 80.4 Å². The quantitative estimate of drug-likeness (QED) is 0.531. The maximum atomic E-state index is 13.4. The predicted molar refractivity (Wildman–Crippen MR) is 134 cm³/mol. The van der Waals surface area contributed by atoms with Crippen LogP contribution in [0.2, 0.25) is 0 Å². The standard InChI is InChI=1S/C24H32N4O6S/c1-16-13-28(17(2)15-29)23(30)20-12-19(26-35(4,32)33)10-11-21(20)34-22(16)14-27(3)24(31)25-18-8-6-5-7-9-18/h5-12,16-17,22,26,29H,13-15H2,1-4H3,(H,25,31)/t16-,17+,22-/m1/s1. The molecule has 0 aliphatic carbocycles. The number of benzene rings is 2. The lowest BCUT2D eigenvalue weighted by Crippen LogP contribution is -2.50. The zero-order chi connectivity index (χ0) is 25.8. The van der Waals surface area contributed by atoms with Gasteiger partial charge in [-0.05, 0) is 37.3 Å². The Labute approximate surface area is 205 Å². The summed E-state index contributed by atoms with van der Waals surface area (Å²) in [5.74, 6) is -0.279. The van der Waals surface area contributed by atoms with Gasteiger partial charge in [0.1, 0.15) is 11.9 Å². The molecule has 3 atom stereocenters. The zero-order valence-electron chi connectivity index (χ0n) is 20.3. The van der Waals surface area contributed by atoms with E-state index in [-0.39, 0.29) is 54.6 Å². The Balaban J connectivity index is 1.89. The Morgan fingerprint density at radius 3 is 2.54 bits per heavy atom. The van der Waals surface area contributed by atoms with Crippen molar-refractivity contribution in [3.8, 4) is 5.75 Å². The van der Waals surface area contributed by atoms with Crippen LogP contribution in [0.1, 0.15) is 24.2 Å². The molecular weight excluding hydrogens is 472 g/mol. The molecule has 10 nitrogen and oxygen atoms in total. The third kappa shape index (κ3) is 6.86. The summed E-state index contributed by atoms with van der Waals surface area (Å²) in [6, 6.07) is 12.8. The fraction of sp³-hybridized carbons (Fsp3) is 0.417. The second-order valence-corrected chi connectivity index (χ2v) is 10.6. The molecule has 35 heavy (non-hydrogen) atoms. The van der Waals surface area contributed by atoms with Gasteiger partial charge in [0, 0.05) is 30.9 Å². The zero-order valence-corrected chi connectivity index (χ0v) is 21.1. The number of amides is 3. The number of anilines is 2. The molecule has 2 aromatic rings. The number of rotatable bonds is 7. The minimum Gasteiger partial charge on any atom is -0.487 e. The second kappa shape index (κ2) is 11.0. The molecule has 11 heteroatoms. The molecule has 0 unspecified atom stereocenters. The molecule has 0 spiro atoms. The highest BCUT2D eigenvalue weighted by molar-refractivity contribution is 7.92. The number of fused-ring (bicyclic) bond motifs is 1. The molecule has 2 aromatic carbocycles. The number of carbonyl (C=O) groups is 2. The van der Waals surface area contributed by atoms with Gasteiger partial charge in [-0.25, -0.2) is 13.2 Å². The molecule has 1 aliphatic heterocycles. The van der Waals surface area contributed by atoms with E-state index in [2.05, 4.69) is 10.0 Å². The van der Waals surface area contributed by atoms with Crippen LogP contribution in [-0.2, 0) is 10.0 Å². The van der Waals surface area contributed by atoms with Crippen molar-refractivity contribution in [3.05, 3.63) is 54.1 Å². The highest BCUT2D eigenvalue weighted by Gasteiger charge is 2.34. The number of sulfonamides is 1. The Morgan fingerprint density at radius 2 is 1.91 bits per heavy atom. The number of aliphatic hydroxyl groups excluding tert-OH is 1. The number of hydrogen-bond acceptors (Lipinski definition) is 6. The topological polar surface area (TPSA) is 128 Å². The number of urea groups is 1. The fourth-order valence-corrected chi connectivity index (χ4v) is 4.37. The Bertz CT molecular complexity index is 1160. The van der Waals surface area contributed by atoms with Crippen LogP contribution in [0.5, 0.6) is 5.75 Å². The van der Waals surface area contributed by atoms with Crippen molar-refractivity contribution in [2.45, 2.75) is 26.0 Å². The Hall–Kier alpha value is -3.31. The molecule has 0 aromatic heterocycles. The van der Waals surface area contributed by atoms with Gasteiger partial charge in [-0.2, -0.15) is 0 Å². The largest absolute Gasteiger partial charge is 0.487 e. The van der Waals surface area contributed by atoms with E-state index in [4.69, 9.17) is 4.74 Å². The van der Waals surface area contributed by atoms with E-state index in [0.29, 0.717) is 5.69 Å². The van der Waals surface area contributed by atoms with Crippen molar-refractivity contribution in [1.29, 1.82) is 0 Å². The first-order valence-electron chi connectivity index (χ1n) is 11.3. The van der Waals surface area contributed by atoms with Gasteiger partial charge >= 0.3 is 6.03 Å². The van der Waals surface area contributed by atoms with Gasteiger partial charge in [0.15, 0.2) is 0 Å². The lowest BCUT2D eigenvalue weighted by molar-refractivity contribution is 0.0371. The monoisotopic (exact) mass is 504 g/mol. The lowest BCUT2D eigenvalue weighted by Gasteiger charge is -2.38. The molecular formula is C24H32N4O6S. The molecule has 3 amide bonds. The van der Waals surface area contributed by atoms with Gasteiger partial charge in [0.25, 0.3) is 5.91 Å². The van der Waals surface area contributed by atoms with Crippen molar-refractivity contribution < 1.29 is 27.9 Å². The number of hydrogen-bond donors (Lipinski definition) is 3. The summed E-state index contributed by atoms with van der Waals surface area (Å²) in [5.41, 5.74) is 1.07. The minimum absolute atomic E-state index is 0.173. The molecule has 0 saturated carbocycles. The highest BCUT2D eigenvalue weighted by atomic mass is 32.2. The first-order chi connectivity index (χ1) is 16.5. The summed E-state index contributed by atoms with van der Waals surface area (Å²) in [4.78, 5) is 29.2. The second-order valence-electron chi connectivity index (χ2n) is 8.88. The number of aliphatic hydroxyl groups is 1. The Kier molecular flexibility index (Phi) is 8.23. The van der Waals surface area contributed by atoms with E-state index >= 15 is 0 Å². The molecule has 0 fully saturated rings. The third-order valence-corrected chi connectivity index (χ3v) is 6.40. The average molecular weight is 505 g/mol. The van der Waals surface area contributed by atoms with Crippen LogP contribution in [0.3, 0.4) is 0 Å². The number of para-hydroxylation sites is 1. The number of likely N-dealkylation sites (N-methyl/N-ethyl adjacent to an activating group) is 1. The van der Waals surface area contributed by atoms with Crippen molar-refractivity contribution in [1.82, 2.24) is 9.80 Å². The van der Waals surface area contributed by atoms with E-state index < -0.39 is 22.2 Å². The van der Waals surface area contributed by atoms with Gasteiger partial charge in [-0.3, -0.25) is 9.52 Å². The van der Waals surface area contributed by atoms with Crippen LogP contribution in [0.15, 0.2) is 48.5 Å². The van der Waals surface area contributed by atoms with Crippen LogP contribution >= 0.6 is 0 Å². The lowest BCUT2D eigenvalue weighted by atomic mass is 9.99. The molecule has 0 saturated heterocycles. The number of nitrogens with zero attached hydrogens (tertiary/aromatic N) is 2. The summed E-state index contributed by atoms with van der Waals surface area (Å²) in [5, 5.41) is 12.6. The van der Waals surface area contributed by atoms with E-state index in [1.807, 2.05) is 25.1 Å². The minimum atomic E-state index is -3.55. The van der Waals surface area contributed by atoms with Crippen molar-refractivity contribution >= 4 is 33.3 Å². The molecule has 1 aliphatic rings. The van der Waals surface area contributed by atoms with Crippen LogP contribution in [0.4, 0.5) is 16.2 Å². The average Bonchev–Trinajstić information content (AvgIpc) is 2.80. The SMILES string of the molecule is C[C@@H]1CN([C@@H](C)CO)C(=O)c2cc(NS(C)(=O)=O)ccc2O[C@@H]1CN(C)C(=O)Nc1ccccc1. The molecule has 190 valence electrons. The first kappa shape index (κ1) is 26.3. The summed E-state index contributed by atoms with van der Waals surface area (Å²) in [6.07, 6.45) is 0.548. The summed E-state index contributed by atoms with van der Waals surface area (Å²) < 4.78 is 32.0. The Morgan fingerprint density at radius 1 is 1.23 bits per heavy atom. The predicted octanol–water partition coefficient (Wildman–Crippen LogP) is 2.44. The summed E-state index contributed by atoms with van der Waals surface area (Å²) in [7, 11) is -1.89. The van der Waals surface area contributed by atoms with Gasteiger partial charge in [0.05, 0.1) is 31.0 Å². The van der Waals surface area contributed by atoms with Crippen molar-refractivity contribution in [3.63, 3.8) is 0 Å². The van der Waals surface area contributed by atoms with Crippen LogP contribution in [0.25, 0.3) is 0 Å². The number of nitrogens with one attached hydrogen (secondary N) is 2. The van der Waals surface area contributed by atoms with Crippen molar-refractivity contribution in [2.24, 2.45) is 5.92 Å². The fourth-order valence-electron chi connectivity index (χ4n) is 3.81. The van der Waals surface area contributed by atoms with E-state index in [1.165, 1.54) is 23.1 Å². The van der Waals surface area contributed by atoms with Gasteiger partial charge < -0.3 is 25.0 Å². The van der Waals surface area contributed by atoms with Gasteiger partial charge in [-0.15, -0.1) is 0 Å². The van der Waals surface area contributed by atoms with E-state index in [0.717, 1.165) is 6.26 Å². The van der Waals surface area contributed by atoms with Crippen LogP contribution < -0.4 is 14.8 Å². The van der Waals surface area contributed by atoms with E-state index in [9.17, 15) is 23.1 Å². The molecule has 3 rings (SSSR count). The molecule has 0 radical (unpaired) electrons. The van der Waals surface area contributed by atoms with Crippen molar-refractivity contribution in [2.75, 3.05) is 43.0 Å². The summed E-state index contributed by atoms with van der Waals surface area (Å²) in [6.45, 7) is 3.93. The maximum absolute atomic E-state index is 13.4. The van der Waals surface area contributed by atoms with Crippen LogP contribution in [0, 0.1) is 5.92 Å². The molecule has 3 N–H and O–H groups in total. The normalized spacial score (nSPS) is 19.0. The van der Waals surface area contributed by atoms with Gasteiger partial charge in [-0.1, -0.05) is 25.1 Å². The van der Waals surface area contributed by atoms with Gasteiger partial charge in [0.2, 0.25) is 10.0 Å².